The molecule has 1 heterocycles. The van der Waals surface area contributed by atoms with Gasteiger partial charge in [-0.1, -0.05) is 19.9 Å². The highest BCUT2D eigenvalue weighted by Gasteiger charge is 2.39. The molecule has 0 aliphatic carbocycles. The molecule has 1 nitrogen and oxygen atoms in total. The molecule has 0 bridgehead atoms. The SMILES string of the molecule is Cc1ccc2c(c1C)C(C)(C)C(C)O2. The van der Waals surface area contributed by atoms with Crippen LogP contribution in [-0.2, 0) is 5.41 Å². The Balaban J connectivity index is 2.68. The van der Waals surface area contributed by atoms with E-state index in [1.807, 2.05) is 0 Å². The number of hydrogen-bond donors (Lipinski definition) is 0. The number of benzene rings is 1. The Hall–Kier alpha value is -0.980. The van der Waals surface area contributed by atoms with Gasteiger partial charge in [0.05, 0.1) is 0 Å². The number of aryl methyl sites for hydroxylation is 1. The van der Waals surface area contributed by atoms with Crippen molar-refractivity contribution in [3.8, 4) is 5.75 Å². The lowest BCUT2D eigenvalue weighted by molar-refractivity contribution is 0.185. The summed E-state index contributed by atoms with van der Waals surface area (Å²) in [5.74, 6) is 1.07. The zero-order valence-corrected chi connectivity index (χ0v) is 9.64. The molecular formula is C13H18O. The van der Waals surface area contributed by atoms with Crippen LogP contribution in [0.2, 0.25) is 0 Å². The van der Waals surface area contributed by atoms with Gasteiger partial charge in [-0.3, -0.25) is 0 Å². The van der Waals surface area contributed by atoms with E-state index in [-0.39, 0.29) is 11.5 Å². The van der Waals surface area contributed by atoms with Crippen molar-refractivity contribution in [3.05, 3.63) is 28.8 Å². The summed E-state index contributed by atoms with van der Waals surface area (Å²) in [5.41, 5.74) is 4.28. The van der Waals surface area contributed by atoms with Crippen molar-refractivity contribution in [1.82, 2.24) is 0 Å². The van der Waals surface area contributed by atoms with Crippen molar-refractivity contribution in [3.63, 3.8) is 0 Å². The first-order valence-corrected chi connectivity index (χ1v) is 5.22. The molecule has 1 unspecified atom stereocenters. The predicted octanol–water partition coefficient (Wildman–Crippen LogP) is 3.36. The minimum absolute atomic E-state index is 0.144. The largest absolute Gasteiger partial charge is 0.489 e. The molecule has 0 radical (unpaired) electrons. The van der Waals surface area contributed by atoms with Gasteiger partial charge in [-0.25, -0.2) is 0 Å². The number of ether oxygens (including phenoxy) is 1. The van der Waals surface area contributed by atoms with E-state index >= 15 is 0 Å². The standard InChI is InChI=1S/C13H18O/c1-8-6-7-11-12(9(8)2)13(4,5)10(3)14-11/h6-7,10H,1-5H3. The van der Waals surface area contributed by atoms with Crippen LogP contribution in [0.25, 0.3) is 0 Å². The van der Waals surface area contributed by atoms with E-state index in [4.69, 9.17) is 4.74 Å². The molecule has 1 aromatic carbocycles. The highest BCUT2D eigenvalue weighted by atomic mass is 16.5. The average Bonchev–Trinajstić information content (AvgIpc) is 2.32. The van der Waals surface area contributed by atoms with Crippen molar-refractivity contribution in [2.45, 2.75) is 46.1 Å². The molecule has 1 aliphatic heterocycles. The zero-order chi connectivity index (χ0) is 10.5. The molecule has 0 fully saturated rings. The van der Waals surface area contributed by atoms with Crippen molar-refractivity contribution < 1.29 is 4.74 Å². The Kier molecular flexibility index (Phi) is 1.88. The van der Waals surface area contributed by atoms with Crippen molar-refractivity contribution in [2.75, 3.05) is 0 Å². The van der Waals surface area contributed by atoms with Gasteiger partial charge in [-0.15, -0.1) is 0 Å². The molecule has 0 saturated heterocycles. The van der Waals surface area contributed by atoms with E-state index in [1.165, 1.54) is 16.7 Å². The van der Waals surface area contributed by atoms with Gasteiger partial charge >= 0.3 is 0 Å². The summed E-state index contributed by atoms with van der Waals surface area (Å²) in [6.45, 7) is 11.0. The summed E-state index contributed by atoms with van der Waals surface area (Å²) in [7, 11) is 0. The van der Waals surface area contributed by atoms with Gasteiger partial charge in [-0.2, -0.15) is 0 Å². The Morgan fingerprint density at radius 2 is 1.86 bits per heavy atom. The molecule has 1 atom stereocenters. The van der Waals surface area contributed by atoms with Crippen LogP contribution in [0.15, 0.2) is 12.1 Å². The highest BCUT2D eigenvalue weighted by Crippen LogP contribution is 2.44. The maximum Gasteiger partial charge on any atom is 0.123 e. The smallest absolute Gasteiger partial charge is 0.123 e. The number of fused-ring (bicyclic) bond motifs is 1. The van der Waals surface area contributed by atoms with Gasteiger partial charge in [0.15, 0.2) is 0 Å². The summed E-state index contributed by atoms with van der Waals surface area (Å²) < 4.78 is 5.86. The van der Waals surface area contributed by atoms with Gasteiger partial charge in [0, 0.05) is 11.0 Å². The Labute approximate surface area is 86.1 Å². The molecule has 1 aliphatic rings. The molecule has 0 N–H and O–H groups in total. The maximum absolute atomic E-state index is 5.86. The summed E-state index contributed by atoms with van der Waals surface area (Å²) in [6.07, 6.45) is 0.276. The van der Waals surface area contributed by atoms with Gasteiger partial charge in [0.25, 0.3) is 0 Å². The van der Waals surface area contributed by atoms with E-state index in [2.05, 4.69) is 46.8 Å². The molecule has 0 aromatic heterocycles. The van der Waals surface area contributed by atoms with Crippen LogP contribution in [0.3, 0.4) is 0 Å². The molecule has 0 amide bonds. The van der Waals surface area contributed by atoms with E-state index in [9.17, 15) is 0 Å². The maximum atomic E-state index is 5.86. The molecular weight excluding hydrogens is 172 g/mol. The normalized spacial score (nSPS) is 23.1. The Morgan fingerprint density at radius 1 is 1.21 bits per heavy atom. The minimum atomic E-state index is 0.144. The monoisotopic (exact) mass is 190 g/mol. The van der Waals surface area contributed by atoms with Gasteiger partial charge in [0.1, 0.15) is 11.9 Å². The number of rotatable bonds is 0. The average molecular weight is 190 g/mol. The highest BCUT2D eigenvalue weighted by molar-refractivity contribution is 5.51. The van der Waals surface area contributed by atoms with Gasteiger partial charge in [0.2, 0.25) is 0 Å². The summed E-state index contributed by atoms with van der Waals surface area (Å²) >= 11 is 0. The second-order valence-electron chi connectivity index (χ2n) is 4.86. The van der Waals surface area contributed by atoms with E-state index in [1.54, 1.807) is 0 Å². The van der Waals surface area contributed by atoms with Crippen LogP contribution >= 0.6 is 0 Å². The van der Waals surface area contributed by atoms with Crippen molar-refractivity contribution in [1.29, 1.82) is 0 Å². The van der Waals surface area contributed by atoms with Crippen molar-refractivity contribution >= 4 is 0 Å². The van der Waals surface area contributed by atoms with E-state index in [0.29, 0.717) is 0 Å². The van der Waals surface area contributed by atoms with E-state index < -0.39 is 0 Å². The lowest BCUT2D eigenvalue weighted by atomic mass is 9.79. The fraction of sp³-hybridized carbons (Fsp3) is 0.538. The fourth-order valence-electron chi connectivity index (χ4n) is 2.23. The van der Waals surface area contributed by atoms with Crippen LogP contribution in [0, 0.1) is 13.8 Å². The molecule has 14 heavy (non-hydrogen) atoms. The van der Waals surface area contributed by atoms with Crippen LogP contribution in [-0.4, -0.2) is 6.10 Å². The van der Waals surface area contributed by atoms with Gasteiger partial charge < -0.3 is 4.74 Å². The lowest BCUT2D eigenvalue weighted by Gasteiger charge is -2.23. The van der Waals surface area contributed by atoms with Crippen molar-refractivity contribution in [2.24, 2.45) is 0 Å². The summed E-state index contributed by atoms with van der Waals surface area (Å²) in [5, 5.41) is 0. The third kappa shape index (κ3) is 1.08. The van der Waals surface area contributed by atoms with Crippen LogP contribution in [0.5, 0.6) is 5.75 Å². The molecule has 0 spiro atoms. The zero-order valence-electron chi connectivity index (χ0n) is 9.64. The molecule has 0 saturated carbocycles. The molecule has 1 heteroatoms. The molecule has 76 valence electrons. The lowest BCUT2D eigenvalue weighted by Crippen LogP contribution is -2.29. The third-order valence-corrected chi connectivity index (χ3v) is 3.66. The topological polar surface area (TPSA) is 9.23 Å². The summed E-state index contributed by atoms with van der Waals surface area (Å²) in [4.78, 5) is 0. The first kappa shape index (κ1) is 9.57. The van der Waals surface area contributed by atoms with Crippen LogP contribution in [0.1, 0.15) is 37.5 Å². The van der Waals surface area contributed by atoms with Gasteiger partial charge in [-0.05, 0) is 38.0 Å². The van der Waals surface area contributed by atoms with Crippen LogP contribution < -0.4 is 4.74 Å². The van der Waals surface area contributed by atoms with E-state index in [0.717, 1.165) is 5.75 Å². The minimum Gasteiger partial charge on any atom is -0.489 e. The predicted molar refractivity (Wildman–Crippen MR) is 59.0 cm³/mol. The fourth-order valence-corrected chi connectivity index (χ4v) is 2.23. The number of hydrogen-bond acceptors (Lipinski definition) is 1. The Morgan fingerprint density at radius 3 is 2.50 bits per heavy atom. The first-order valence-electron chi connectivity index (χ1n) is 5.22. The quantitative estimate of drug-likeness (QED) is 0.609. The molecule has 1 aromatic rings. The second kappa shape index (κ2) is 2.75. The Bertz CT molecular complexity index is 377. The summed E-state index contributed by atoms with van der Waals surface area (Å²) in [6, 6.07) is 4.24. The first-order chi connectivity index (χ1) is 6.44. The second-order valence-corrected chi connectivity index (χ2v) is 4.86. The third-order valence-electron chi connectivity index (χ3n) is 3.66. The van der Waals surface area contributed by atoms with Crippen LogP contribution in [0.4, 0.5) is 0 Å². The molecule has 2 rings (SSSR count).